The van der Waals surface area contributed by atoms with Gasteiger partial charge in [0.15, 0.2) is 0 Å². The third kappa shape index (κ3) is 4.42. The van der Waals surface area contributed by atoms with E-state index in [-0.39, 0.29) is 17.9 Å². The van der Waals surface area contributed by atoms with Crippen LogP contribution in [-0.2, 0) is 9.53 Å². The van der Waals surface area contributed by atoms with Crippen LogP contribution >= 0.6 is 0 Å². The van der Waals surface area contributed by atoms with Crippen molar-refractivity contribution in [1.29, 1.82) is 0 Å². The Labute approximate surface area is 154 Å². The Morgan fingerprint density at radius 3 is 2.58 bits per heavy atom. The summed E-state index contributed by atoms with van der Waals surface area (Å²) in [7, 11) is 0. The number of cyclic esters (lactones) is 1. The Morgan fingerprint density at radius 2 is 1.88 bits per heavy atom. The van der Waals surface area contributed by atoms with Crippen molar-refractivity contribution in [3.8, 4) is 0 Å². The van der Waals surface area contributed by atoms with Crippen LogP contribution in [0.15, 0.2) is 54.6 Å². The molecule has 26 heavy (non-hydrogen) atoms. The second kappa shape index (κ2) is 8.52. The number of amides is 2. The fourth-order valence-corrected chi connectivity index (χ4v) is 3.29. The number of ether oxygens (including phenoxy) is 1. The summed E-state index contributed by atoms with van der Waals surface area (Å²) >= 11 is 0. The van der Waals surface area contributed by atoms with E-state index in [4.69, 9.17) is 4.74 Å². The van der Waals surface area contributed by atoms with Crippen molar-refractivity contribution < 1.29 is 14.3 Å². The Bertz CT molecular complexity index is 761. The highest BCUT2D eigenvalue weighted by molar-refractivity contribution is 5.77. The molecule has 2 aromatic carbocycles. The fraction of sp³-hybridized carbons (Fsp3) is 0.333. The van der Waals surface area contributed by atoms with Crippen LogP contribution in [0.1, 0.15) is 29.0 Å². The van der Waals surface area contributed by atoms with E-state index in [0.717, 1.165) is 11.1 Å². The number of benzene rings is 2. The number of nitrogens with one attached hydrogen (secondary N) is 1. The zero-order valence-corrected chi connectivity index (χ0v) is 15.0. The molecule has 0 aromatic heterocycles. The molecule has 1 fully saturated rings. The first kappa shape index (κ1) is 18.0. The van der Waals surface area contributed by atoms with E-state index < -0.39 is 0 Å². The minimum absolute atomic E-state index is 0.00847. The van der Waals surface area contributed by atoms with Crippen molar-refractivity contribution in [3.63, 3.8) is 0 Å². The van der Waals surface area contributed by atoms with E-state index in [0.29, 0.717) is 32.7 Å². The van der Waals surface area contributed by atoms with Gasteiger partial charge in [-0.05, 0) is 23.6 Å². The van der Waals surface area contributed by atoms with Gasteiger partial charge >= 0.3 is 6.09 Å². The molecule has 1 saturated heterocycles. The van der Waals surface area contributed by atoms with E-state index in [1.165, 1.54) is 5.56 Å². The minimum Gasteiger partial charge on any atom is -0.448 e. The number of hydrogen-bond acceptors (Lipinski definition) is 3. The van der Waals surface area contributed by atoms with E-state index in [1.54, 1.807) is 4.90 Å². The van der Waals surface area contributed by atoms with E-state index in [9.17, 15) is 9.59 Å². The van der Waals surface area contributed by atoms with E-state index in [1.807, 2.05) is 30.3 Å². The normalized spacial score (nSPS) is 14.8. The SMILES string of the molecule is Cc1ccccc1[C@H](CC(=O)NCCN1CCOC1=O)c1ccccc1. The quantitative estimate of drug-likeness (QED) is 0.833. The molecule has 1 heterocycles. The van der Waals surface area contributed by atoms with Gasteiger partial charge in [-0.3, -0.25) is 4.79 Å². The maximum atomic E-state index is 12.5. The van der Waals surface area contributed by atoms with Crippen molar-refractivity contribution >= 4 is 12.0 Å². The number of hydrogen-bond donors (Lipinski definition) is 1. The highest BCUT2D eigenvalue weighted by atomic mass is 16.6. The van der Waals surface area contributed by atoms with Crippen molar-refractivity contribution in [2.75, 3.05) is 26.2 Å². The van der Waals surface area contributed by atoms with Gasteiger partial charge < -0.3 is 15.0 Å². The maximum Gasteiger partial charge on any atom is 0.409 e. The summed E-state index contributed by atoms with van der Waals surface area (Å²) in [5.41, 5.74) is 3.46. The molecule has 0 spiro atoms. The second-order valence-corrected chi connectivity index (χ2v) is 6.48. The minimum atomic E-state index is -0.304. The van der Waals surface area contributed by atoms with Crippen LogP contribution < -0.4 is 5.32 Å². The number of rotatable bonds is 7. The predicted octanol–water partition coefficient (Wildman–Crippen LogP) is 3.09. The molecule has 136 valence electrons. The molecule has 5 nitrogen and oxygen atoms in total. The Kier molecular flexibility index (Phi) is 5.89. The van der Waals surface area contributed by atoms with Crippen LogP contribution in [0.2, 0.25) is 0 Å². The Morgan fingerprint density at radius 1 is 1.15 bits per heavy atom. The van der Waals surface area contributed by atoms with Gasteiger partial charge in [-0.1, -0.05) is 54.6 Å². The lowest BCUT2D eigenvalue weighted by atomic mass is 9.86. The van der Waals surface area contributed by atoms with Crippen molar-refractivity contribution in [3.05, 3.63) is 71.3 Å². The van der Waals surface area contributed by atoms with Crippen molar-refractivity contribution in [2.45, 2.75) is 19.3 Å². The molecular formula is C21H24N2O3. The zero-order chi connectivity index (χ0) is 18.4. The van der Waals surface area contributed by atoms with E-state index in [2.05, 4.69) is 36.5 Å². The smallest absolute Gasteiger partial charge is 0.409 e. The molecule has 0 bridgehead atoms. The molecule has 2 aromatic rings. The predicted molar refractivity (Wildman–Crippen MR) is 100 cm³/mol. The van der Waals surface area contributed by atoms with Crippen LogP contribution in [-0.4, -0.2) is 43.1 Å². The number of aryl methyl sites for hydroxylation is 1. The summed E-state index contributed by atoms with van der Waals surface area (Å²) in [5.74, 6) is -0.0103. The number of carbonyl (C=O) groups excluding carboxylic acids is 2. The summed E-state index contributed by atoms with van der Waals surface area (Å²) in [6.45, 7) is 4.00. The molecule has 1 atom stereocenters. The summed E-state index contributed by atoms with van der Waals surface area (Å²) in [6.07, 6.45) is 0.0700. The van der Waals surface area contributed by atoms with Gasteiger partial charge in [-0.2, -0.15) is 0 Å². The number of carbonyl (C=O) groups is 2. The lowest BCUT2D eigenvalue weighted by Crippen LogP contribution is -2.35. The van der Waals surface area contributed by atoms with Crippen molar-refractivity contribution in [2.24, 2.45) is 0 Å². The van der Waals surface area contributed by atoms with Gasteiger partial charge in [-0.25, -0.2) is 4.79 Å². The molecule has 0 unspecified atom stereocenters. The highest BCUT2D eigenvalue weighted by Crippen LogP contribution is 2.30. The summed E-state index contributed by atoms with van der Waals surface area (Å²) in [4.78, 5) is 25.6. The maximum absolute atomic E-state index is 12.5. The molecule has 1 N–H and O–H groups in total. The average Bonchev–Trinajstić information content (AvgIpc) is 3.06. The monoisotopic (exact) mass is 352 g/mol. The summed E-state index contributed by atoms with van der Waals surface area (Å²) in [5, 5.41) is 2.93. The van der Waals surface area contributed by atoms with Gasteiger partial charge in [0.05, 0.1) is 6.54 Å². The summed E-state index contributed by atoms with van der Waals surface area (Å²) in [6, 6.07) is 18.3. The zero-order valence-electron chi connectivity index (χ0n) is 15.0. The molecule has 2 amide bonds. The largest absolute Gasteiger partial charge is 0.448 e. The van der Waals surface area contributed by atoms with Crippen LogP contribution in [0, 0.1) is 6.92 Å². The van der Waals surface area contributed by atoms with Crippen LogP contribution in [0.25, 0.3) is 0 Å². The molecule has 0 saturated carbocycles. The van der Waals surface area contributed by atoms with Crippen LogP contribution in [0.5, 0.6) is 0 Å². The highest BCUT2D eigenvalue weighted by Gasteiger charge is 2.22. The molecule has 0 radical (unpaired) electrons. The van der Waals surface area contributed by atoms with Gasteiger partial charge in [-0.15, -0.1) is 0 Å². The first-order valence-corrected chi connectivity index (χ1v) is 8.94. The standard InChI is InChI=1S/C21H24N2O3/c1-16-7-5-6-10-18(16)19(17-8-3-2-4-9-17)15-20(24)22-11-12-23-13-14-26-21(23)25/h2-10,19H,11-15H2,1H3,(H,22,24)/t19-/m1/s1. The molecule has 5 heteroatoms. The van der Waals surface area contributed by atoms with Gasteiger partial charge in [0.1, 0.15) is 6.61 Å². The molecular weight excluding hydrogens is 328 g/mol. The third-order valence-corrected chi connectivity index (χ3v) is 4.70. The summed E-state index contributed by atoms with van der Waals surface area (Å²) < 4.78 is 4.89. The molecule has 0 aliphatic carbocycles. The van der Waals surface area contributed by atoms with Gasteiger partial charge in [0, 0.05) is 25.4 Å². The molecule has 1 aliphatic heterocycles. The lowest BCUT2D eigenvalue weighted by Gasteiger charge is -2.20. The third-order valence-electron chi connectivity index (χ3n) is 4.70. The van der Waals surface area contributed by atoms with E-state index >= 15 is 0 Å². The van der Waals surface area contributed by atoms with Crippen LogP contribution in [0.3, 0.4) is 0 Å². The van der Waals surface area contributed by atoms with Crippen LogP contribution in [0.4, 0.5) is 4.79 Å². The second-order valence-electron chi connectivity index (χ2n) is 6.48. The Balaban J connectivity index is 1.65. The first-order chi connectivity index (χ1) is 12.6. The topological polar surface area (TPSA) is 58.6 Å². The number of nitrogens with zero attached hydrogens (tertiary/aromatic N) is 1. The molecule has 1 aliphatic rings. The Hall–Kier alpha value is -2.82. The van der Waals surface area contributed by atoms with Crippen molar-refractivity contribution in [1.82, 2.24) is 10.2 Å². The lowest BCUT2D eigenvalue weighted by molar-refractivity contribution is -0.121. The molecule has 3 rings (SSSR count). The van der Waals surface area contributed by atoms with Gasteiger partial charge in [0.25, 0.3) is 0 Å². The van der Waals surface area contributed by atoms with Gasteiger partial charge in [0.2, 0.25) is 5.91 Å². The first-order valence-electron chi connectivity index (χ1n) is 8.94. The average molecular weight is 352 g/mol. The fourth-order valence-electron chi connectivity index (χ4n) is 3.29.